The molecule has 0 atom stereocenters. The molecule has 0 unspecified atom stereocenters. The zero-order valence-electron chi connectivity index (χ0n) is 16.3. The highest BCUT2D eigenvalue weighted by atomic mass is 16.7. The molecule has 128 valence electrons. The van der Waals surface area contributed by atoms with E-state index in [1.54, 1.807) is 0 Å². The second-order valence-corrected chi connectivity index (χ2v) is 5.50. The van der Waals surface area contributed by atoms with Crippen LogP contribution in [0.4, 0.5) is 0 Å². The Morgan fingerprint density at radius 2 is 1.18 bits per heavy atom. The van der Waals surface area contributed by atoms with Crippen LogP contribution in [-0.4, -0.2) is 18.3 Å². The third-order valence-electron chi connectivity index (χ3n) is 3.53. The normalized spacial score (nSPS) is 20.2. The van der Waals surface area contributed by atoms with Crippen molar-refractivity contribution in [1.82, 2.24) is 0 Å². The van der Waals surface area contributed by atoms with Crippen LogP contribution in [0.1, 0.15) is 69.2 Å². The summed E-state index contributed by atoms with van der Waals surface area (Å²) < 4.78 is 12.0. The van der Waals surface area contributed by atoms with E-state index < -0.39 is 7.12 Å². The van der Waals surface area contributed by atoms with Gasteiger partial charge in [-0.15, -0.1) is 0 Å². The summed E-state index contributed by atoms with van der Waals surface area (Å²) in [6, 6.07) is 0. The Morgan fingerprint density at radius 3 is 1.50 bits per heavy atom. The lowest BCUT2D eigenvalue weighted by Gasteiger charge is -2.32. The summed E-state index contributed by atoms with van der Waals surface area (Å²) in [5.74, 6) is 0. The summed E-state index contributed by atoms with van der Waals surface area (Å²) in [5, 5.41) is 0. The summed E-state index contributed by atoms with van der Waals surface area (Å²) in [5.41, 5.74) is 6.90. The molecule has 0 bridgehead atoms. The second kappa shape index (κ2) is 10.7. The SMILES string of the molecule is CC.CC.C\C=C/C(N)=C(\C=C/C)B1OC(C)(C)C(C)(C)O1. The molecule has 0 aliphatic carbocycles. The smallest absolute Gasteiger partial charge is 0.399 e. The first kappa shape index (κ1) is 23.3. The number of allylic oxidation sites excluding steroid dienone is 5. The highest BCUT2D eigenvalue weighted by Gasteiger charge is 2.52. The van der Waals surface area contributed by atoms with E-state index in [2.05, 4.69) is 0 Å². The first-order valence-corrected chi connectivity index (χ1v) is 8.36. The fourth-order valence-electron chi connectivity index (χ4n) is 1.74. The molecule has 1 heterocycles. The van der Waals surface area contributed by atoms with Crippen molar-refractivity contribution in [3.63, 3.8) is 0 Å². The molecular weight excluding hydrogens is 273 g/mol. The maximum absolute atomic E-state index is 6.05. The van der Waals surface area contributed by atoms with Crippen LogP contribution >= 0.6 is 0 Å². The Kier molecular flexibility index (Phi) is 11.3. The number of hydrogen-bond acceptors (Lipinski definition) is 3. The quantitative estimate of drug-likeness (QED) is 0.587. The lowest BCUT2D eigenvalue weighted by molar-refractivity contribution is 0.00578. The van der Waals surface area contributed by atoms with Gasteiger partial charge < -0.3 is 15.0 Å². The average Bonchev–Trinajstić information content (AvgIpc) is 2.69. The van der Waals surface area contributed by atoms with Crippen LogP contribution in [0.2, 0.25) is 0 Å². The fourth-order valence-corrected chi connectivity index (χ4v) is 1.74. The Labute approximate surface area is 138 Å². The van der Waals surface area contributed by atoms with Crippen LogP contribution in [0.25, 0.3) is 0 Å². The molecule has 0 amide bonds. The van der Waals surface area contributed by atoms with E-state index in [1.807, 2.05) is 93.5 Å². The van der Waals surface area contributed by atoms with Gasteiger partial charge in [0.05, 0.1) is 11.2 Å². The van der Waals surface area contributed by atoms with Crippen molar-refractivity contribution in [3.05, 3.63) is 35.5 Å². The van der Waals surface area contributed by atoms with E-state index >= 15 is 0 Å². The molecule has 1 fully saturated rings. The van der Waals surface area contributed by atoms with E-state index in [0.29, 0.717) is 5.70 Å². The average molecular weight is 309 g/mol. The predicted octanol–water partition coefficient (Wildman–Crippen LogP) is 5.04. The number of rotatable bonds is 3. The van der Waals surface area contributed by atoms with Crippen molar-refractivity contribution >= 4 is 7.12 Å². The van der Waals surface area contributed by atoms with E-state index in [-0.39, 0.29) is 11.2 Å². The number of hydrogen-bond donors (Lipinski definition) is 1. The van der Waals surface area contributed by atoms with Gasteiger partial charge in [0.25, 0.3) is 0 Å². The van der Waals surface area contributed by atoms with Gasteiger partial charge >= 0.3 is 7.12 Å². The topological polar surface area (TPSA) is 44.5 Å². The predicted molar refractivity (Wildman–Crippen MR) is 99.6 cm³/mol. The zero-order chi connectivity index (χ0) is 18.0. The molecule has 0 aromatic heterocycles. The minimum Gasteiger partial charge on any atom is -0.399 e. The molecule has 3 nitrogen and oxygen atoms in total. The molecule has 4 heteroatoms. The van der Waals surface area contributed by atoms with Gasteiger partial charge in [0.2, 0.25) is 0 Å². The van der Waals surface area contributed by atoms with E-state index in [4.69, 9.17) is 15.0 Å². The van der Waals surface area contributed by atoms with Crippen molar-refractivity contribution in [2.45, 2.75) is 80.4 Å². The molecule has 1 saturated heterocycles. The summed E-state index contributed by atoms with van der Waals surface area (Å²) in [7, 11) is -0.414. The summed E-state index contributed by atoms with van der Waals surface area (Å²) in [4.78, 5) is 0. The molecule has 0 saturated carbocycles. The van der Waals surface area contributed by atoms with Crippen LogP contribution in [-0.2, 0) is 9.31 Å². The Bertz CT molecular complexity index is 380. The highest BCUT2D eigenvalue weighted by Crippen LogP contribution is 2.39. The lowest BCUT2D eigenvalue weighted by atomic mass is 9.76. The van der Waals surface area contributed by atoms with Gasteiger partial charge in [0, 0.05) is 11.2 Å². The van der Waals surface area contributed by atoms with Crippen LogP contribution in [0.5, 0.6) is 0 Å². The van der Waals surface area contributed by atoms with Gasteiger partial charge in [0.1, 0.15) is 0 Å². The third-order valence-corrected chi connectivity index (χ3v) is 3.53. The van der Waals surface area contributed by atoms with Gasteiger partial charge in [-0.2, -0.15) is 0 Å². The van der Waals surface area contributed by atoms with Crippen LogP contribution in [0, 0.1) is 0 Å². The molecule has 2 N–H and O–H groups in total. The van der Waals surface area contributed by atoms with Crippen molar-refractivity contribution in [3.8, 4) is 0 Å². The van der Waals surface area contributed by atoms with Gasteiger partial charge in [0.15, 0.2) is 0 Å². The molecule has 0 aromatic rings. The van der Waals surface area contributed by atoms with E-state index in [9.17, 15) is 0 Å². The molecule has 0 aromatic carbocycles. The Hall–Kier alpha value is -0.995. The molecule has 1 rings (SSSR count). The molecule has 0 radical (unpaired) electrons. The first-order valence-electron chi connectivity index (χ1n) is 8.36. The second-order valence-electron chi connectivity index (χ2n) is 5.50. The minimum absolute atomic E-state index is 0.347. The minimum atomic E-state index is -0.414. The van der Waals surface area contributed by atoms with Crippen LogP contribution in [0.3, 0.4) is 0 Å². The van der Waals surface area contributed by atoms with Gasteiger partial charge in [-0.3, -0.25) is 0 Å². The first-order chi connectivity index (χ1) is 10.2. The van der Waals surface area contributed by atoms with Gasteiger partial charge in [-0.05, 0) is 47.6 Å². The third kappa shape index (κ3) is 6.01. The monoisotopic (exact) mass is 309 g/mol. The Balaban J connectivity index is 0. The maximum Gasteiger partial charge on any atom is 0.496 e. The van der Waals surface area contributed by atoms with E-state index in [0.717, 1.165) is 5.47 Å². The van der Waals surface area contributed by atoms with Crippen LogP contribution in [0.15, 0.2) is 35.5 Å². The van der Waals surface area contributed by atoms with Crippen molar-refractivity contribution in [2.75, 3.05) is 0 Å². The van der Waals surface area contributed by atoms with Crippen LogP contribution < -0.4 is 5.73 Å². The van der Waals surface area contributed by atoms with Gasteiger partial charge in [-0.25, -0.2) is 0 Å². The molecule has 1 aliphatic heterocycles. The fraction of sp³-hybridized carbons (Fsp3) is 0.667. The Morgan fingerprint density at radius 1 is 0.818 bits per heavy atom. The largest absolute Gasteiger partial charge is 0.496 e. The summed E-state index contributed by atoms with van der Waals surface area (Å²) >= 11 is 0. The maximum atomic E-state index is 6.05. The molecule has 1 aliphatic rings. The number of nitrogens with two attached hydrogens (primary N) is 1. The van der Waals surface area contributed by atoms with Crippen molar-refractivity contribution in [2.24, 2.45) is 5.73 Å². The highest BCUT2D eigenvalue weighted by molar-refractivity contribution is 6.56. The standard InChI is InChI=1S/C14H24BNO2.2C2H6/c1-7-9-11(12(16)10-8-2)15-17-13(3,4)14(5,6)18-15;2*1-2/h7-10H,16H2,1-6H3;2*1-2H3/b9-7-,10-8-,12-11-;;. The zero-order valence-corrected chi connectivity index (χ0v) is 16.3. The van der Waals surface area contributed by atoms with E-state index in [1.165, 1.54) is 0 Å². The summed E-state index contributed by atoms with van der Waals surface area (Å²) in [6.45, 7) is 20.0. The van der Waals surface area contributed by atoms with Crippen molar-refractivity contribution < 1.29 is 9.31 Å². The molecule has 22 heavy (non-hydrogen) atoms. The van der Waals surface area contributed by atoms with Crippen molar-refractivity contribution in [1.29, 1.82) is 0 Å². The van der Waals surface area contributed by atoms with Gasteiger partial charge in [-0.1, -0.05) is 45.9 Å². The molecular formula is C18H36BNO2. The molecule has 0 spiro atoms. The summed E-state index contributed by atoms with van der Waals surface area (Å²) in [6.07, 6.45) is 7.65. The lowest BCUT2D eigenvalue weighted by Crippen LogP contribution is -2.41.